The standard InChI is InChI=1S/C18H13BrClNO3S/c1-11-2-5-14(6-3-11)25(23,24)21-17-9-12-8-13(20)4-7-15(12)18(19)16(17)10-22/h2-10,21H,1H3. The van der Waals surface area contributed by atoms with Crippen LogP contribution in [0.1, 0.15) is 15.9 Å². The molecule has 0 spiro atoms. The molecule has 0 aliphatic rings. The molecule has 3 aromatic carbocycles. The lowest BCUT2D eigenvalue weighted by Crippen LogP contribution is -2.14. The molecule has 0 bridgehead atoms. The minimum absolute atomic E-state index is 0.122. The number of hydrogen-bond donors (Lipinski definition) is 1. The largest absolute Gasteiger partial charge is 0.298 e. The molecule has 0 aliphatic carbocycles. The Bertz CT molecular complexity index is 1080. The Labute approximate surface area is 159 Å². The van der Waals surface area contributed by atoms with E-state index in [1.807, 2.05) is 6.92 Å². The van der Waals surface area contributed by atoms with Crippen LogP contribution in [0.4, 0.5) is 5.69 Å². The quantitative estimate of drug-likeness (QED) is 0.571. The molecule has 0 aromatic heterocycles. The van der Waals surface area contributed by atoms with E-state index in [-0.39, 0.29) is 16.1 Å². The van der Waals surface area contributed by atoms with E-state index in [0.29, 0.717) is 21.2 Å². The second-order valence-corrected chi connectivity index (χ2v) is 8.47. The van der Waals surface area contributed by atoms with Gasteiger partial charge in [-0.2, -0.15) is 0 Å². The number of carbonyl (C=O) groups is 1. The molecule has 0 unspecified atom stereocenters. The van der Waals surface area contributed by atoms with Crippen LogP contribution < -0.4 is 4.72 Å². The molecular weight excluding hydrogens is 426 g/mol. The average molecular weight is 439 g/mol. The van der Waals surface area contributed by atoms with Crippen molar-refractivity contribution >= 4 is 60.3 Å². The van der Waals surface area contributed by atoms with E-state index in [4.69, 9.17) is 11.6 Å². The van der Waals surface area contributed by atoms with Crippen molar-refractivity contribution < 1.29 is 13.2 Å². The summed E-state index contributed by atoms with van der Waals surface area (Å²) in [7, 11) is -3.82. The topological polar surface area (TPSA) is 63.2 Å². The number of halogens is 2. The van der Waals surface area contributed by atoms with Crippen molar-refractivity contribution in [3.05, 3.63) is 69.2 Å². The van der Waals surface area contributed by atoms with E-state index < -0.39 is 10.0 Å². The molecule has 0 radical (unpaired) electrons. The van der Waals surface area contributed by atoms with Crippen molar-refractivity contribution in [2.75, 3.05) is 4.72 Å². The first kappa shape index (κ1) is 17.9. The smallest absolute Gasteiger partial charge is 0.261 e. The van der Waals surface area contributed by atoms with Crippen LogP contribution in [-0.4, -0.2) is 14.7 Å². The van der Waals surface area contributed by atoms with E-state index in [1.165, 1.54) is 12.1 Å². The summed E-state index contributed by atoms with van der Waals surface area (Å²) >= 11 is 9.40. The van der Waals surface area contributed by atoms with Gasteiger partial charge in [-0.25, -0.2) is 8.42 Å². The van der Waals surface area contributed by atoms with Crippen LogP contribution in [0.2, 0.25) is 5.02 Å². The summed E-state index contributed by atoms with van der Waals surface area (Å²) in [5.74, 6) is 0. The SMILES string of the molecule is Cc1ccc(S(=O)(=O)Nc2cc3cc(Cl)ccc3c(Br)c2C=O)cc1. The van der Waals surface area contributed by atoms with E-state index in [0.717, 1.165) is 10.9 Å². The number of hydrogen-bond acceptors (Lipinski definition) is 3. The van der Waals surface area contributed by atoms with Crippen molar-refractivity contribution in [1.82, 2.24) is 0 Å². The van der Waals surface area contributed by atoms with E-state index in [2.05, 4.69) is 20.7 Å². The fourth-order valence-corrected chi connectivity index (χ4v) is 4.39. The van der Waals surface area contributed by atoms with Crippen LogP contribution in [0.15, 0.2) is 57.9 Å². The Morgan fingerprint density at radius 1 is 1.08 bits per heavy atom. The normalized spacial score (nSPS) is 11.5. The lowest BCUT2D eigenvalue weighted by molar-refractivity contribution is 0.112. The van der Waals surface area contributed by atoms with Gasteiger partial charge in [-0.1, -0.05) is 35.4 Å². The molecule has 4 nitrogen and oxygen atoms in total. The molecule has 128 valence electrons. The van der Waals surface area contributed by atoms with E-state index in [9.17, 15) is 13.2 Å². The van der Waals surface area contributed by atoms with Crippen molar-refractivity contribution in [3.8, 4) is 0 Å². The first-order valence-corrected chi connectivity index (χ1v) is 9.93. The Kier molecular flexibility index (Phi) is 4.86. The number of nitrogens with one attached hydrogen (secondary N) is 1. The molecule has 25 heavy (non-hydrogen) atoms. The van der Waals surface area contributed by atoms with Gasteiger partial charge < -0.3 is 0 Å². The number of anilines is 1. The third-order valence-corrected chi connectivity index (χ3v) is 6.24. The van der Waals surface area contributed by atoms with Gasteiger partial charge >= 0.3 is 0 Å². The molecule has 0 fully saturated rings. The van der Waals surface area contributed by atoms with E-state index >= 15 is 0 Å². The van der Waals surface area contributed by atoms with Crippen LogP contribution in [0.3, 0.4) is 0 Å². The van der Waals surface area contributed by atoms with Gasteiger partial charge in [-0.05, 0) is 64.0 Å². The Balaban J connectivity index is 2.14. The Morgan fingerprint density at radius 3 is 2.40 bits per heavy atom. The number of sulfonamides is 1. The monoisotopic (exact) mass is 437 g/mol. The van der Waals surface area contributed by atoms with Gasteiger partial charge in [0.25, 0.3) is 10.0 Å². The molecule has 0 saturated heterocycles. The van der Waals surface area contributed by atoms with Gasteiger partial charge in [0.1, 0.15) is 0 Å². The highest BCUT2D eigenvalue weighted by Crippen LogP contribution is 2.35. The highest BCUT2D eigenvalue weighted by atomic mass is 79.9. The number of benzene rings is 3. The van der Waals surface area contributed by atoms with Gasteiger partial charge in [0.05, 0.1) is 16.1 Å². The lowest BCUT2D eigenvalue weighted by Gasteiger charge is -2.14. The van der Waals surface area contributed by atoms with Crippen LogP contribution >= 0.6 is 27.5 Å². The first-order valence-electron chi connectivity index (χ1n) is 7.28. The second kappa shape index (κ2) is 6.78. The van der Waals surface area contributed by atoms with E-state index in [1.54, 1.807) is 36.4 Å². The van der Waals surface area contributed by atoms with Gasteiger partial charge in [0.2, 0.25) is 0 Å². The maximum atomic E-state index is 12.6. The van der Waals surface area contributed by atoms with Gasteiger partial charge in [-0.3, -0.25) is 9.52 Å². The third kappa shape index (κ3) is 3.56. The number of aryl methyl sites for hydroxylation is 1. The molecule has 0 heterocycles. The van der Waals surface area contributed by atoms with Crippen LogP contribution in [0.5, 0.6) is 0 Å². The predicted molar refractivity (Wildman–Crippen MR) is 104 cm³/mol. The molecule has 3 aromatic rings. The predicted octanol–water partition coefficient (Wildman–Crippen LogP) is 5.18. The van der Waals surface area contributed by atoms with Crippen LogP contribution in [0, 0.1) is 6.92 Å². The zero-order chi connectivity index (χ0) is 18.2. The van der Waals surface area contributed by atoms with Crippen LogP contribution in [-0.2, 0) is 10.0 Å². The summed E-state index contributed by atoms with van der Waals surface area (Å²) in [6.45, 7) is 1.87. The number of rotatable bonds is 4. The number of carbonyl (C=O) groups excluding carboxylic acids is 1. The molecule has 1 N–H and O–H groups in total. The number of fused-ring (bicyclic) bond motifs is 1. The molecule has 0 amide bonds. The highest BCUT2D eigenvalue weighted by molar-refractivity contribution is 9.10. The van der Waals surface area contributed by atoms with Crippen molar-refractivity contribution in [1.29, 1.82) is 0 Å². The van der Waals surface area contributed by atoms with Gasteiger partial charge in [0.15, 0.2) is 6.29 Å². The summed E-state index contributed by atoms with van der Waals surface area (Å²) in [6.07, 6.45) is 0.616. The van der Waals surface area contributed by atoms with Crippen molar-refractivity contribution in [2.24, 2.45) is 0 Å². The summed E-state index contributed by atoms with van der Waals surface area (Å²) < 4.78 is 28.3. The Morgan fingerprint density at radius 2 is 1.76 bits per heavy atom. The molecule has 3 rings (SSSR count). The van der Waals surface area contributed by atoms with Crippen molar-refractivity contribution in [2.45, 2.75) is 11.8 Å². The first-order chi connectivity index (χ1) is 11.8. The zero-order valence-corrected chi connectivity index (χ0v) is 16.2. The molecular formula is C18H13BrClNO3S. The minimum atomic E-state index is -3.82. The molecule has 0 aliphatic heterocycles. The minimum Gasteiger partial charge on any atom is -0.298 e. The summed E-state index contributed by atoms with van der Waals surface area (Å²) in [6, 6.07) is 13.3. The molecule has 0 saturated carbocycles. The van der Waals surface area contributed by atoms with Gasteiger partial charge in [0, 0.05) is 9.50 Å². The lowest BCUT2D eigenvalue weighted by atomic mass is 10.1. The average Bonchev–Trinajstić information content (AvgIpc) is 2.55. The molecule has 7 heteroatoms. The fourth-order valence-electron chi connectivity index (χ4n) is 2.47. The number of aldehydes is 1. The van der Waals surface area contributed by atoms with Crippen molar-refractivity contribution in [3.63, 3.8) is 0 Å². The van der Waals surface area contributed by atoms with Gasteiger partial charge in [-0.15, -0.1) is 0 Å². The highest BCUT2D eigenvalue weighted by Gasteiger charge is 2.19. The second-order valence-electron chi connectivity index (χ2n) is 5.55. The summed E-state index contributed by atoms with van der Waals surface area (Å²) in [5.41, 5.74) is 1.37. The van der Waals surface area contributed by atoms with Crippen LogP contribution in [0.25, 0.3) is 10.8 Å². The zero-order valence-electron chi connectivity index (χ0n) is 13.1. The fraction of sp³-hybridized carbons (Fsp3) is 0.0556. The maximum Gasteiger partial charge on any atom is 0.261 e. The summed E-state index contributed by atoms with van der Waals surface area (Å²) in [5, 5.41) is 2.00. The Hall–Kier alpha value is -1.89. The maximum absolute atomic E-state index is 12.6. The molecule has 0 atom stereocenters. The third-order valence-electron chi connectivity index (χ3n) is 3.77. The summed E-state index contributed by atoms with van der Waals surface area (Å²) in [4.78, 5) is 11.7.